The van der Waals surface area contributed by atoms with Crippen molar-refractivity contribution in [2.24, 2.45) is 23.5 Å². The molecule has 0 bridgehead atoms. The Bertz CT molecular complexity index is 1140. The van der Waals surface area contributed by atoms with Gasteiger partial charge in [0.15, 0.2) is 0 Å². The van der Waals surface area contributed by atoms with Crippen molar-refractivity contribution in [3.63, 3.8) is 0 Å². The van der Waals surface area contributed by atoms with E-state index in [0.29, 0.717) is 24.1 Å². The van der Waals surface area contributed by atoms with Crippen LogP contribution in [0.15, 0.2) is 42.5 Å². The SMILES string of the molecule is COC(=O)C(CN)C1CCCC1C(=O)N[C@@H](Cc1ccc(NC(=O)c2c(Cl)cccc2Cl)cc1)C(=O)O. The lowest BCUT2D eigenvalue weighted by Crippen LogP contribution is -2.47. The molecular weight excluding hydrogens is 521 g/mol. The van der Waals surface area contributed by atoms with E-state index >= 15 is 0 Å². The number of nitrogens with two attached hydrogens (primary N) is 1. The van der Waals surface area contributed by atoms with Crippen LogP contribution in [0.4, 0.5) is 5.69 Å². The normalized spacial score (nSPS) is 18.5. The molecule has 198 valence electrons. The fourth-order valence-corrected chi connectivity index (χ4v) is 5.31. The predicted octanol–water partition coefficient (Wildman–Crippen LogP) is 3.52. The third-order valence-electron chi connectivity index (χ3n) is 6.64. The third kappa shape index (κ3) is 7.00. The molecule has 1 saturated carbocycles. The van der Waals surface area contributed by atoms with Gasteiger partial charge in [-0.2, -0.15) is 0 Å². The van der Waals surface area contributed by atoms with Gasteiger partial charge in [-0.3, -0.25) is 14.4 Å². The molecule has 2 aromatic carbocycles. The van der Waals surface area contributed by atoms with Gasteiger partial charge in [-0.25, -0.2) is 4.79 Å². The zero-order valence-electron chi connectivity index (χ0n) is 20.2. The zero-order valence-corrected chi connectivity index (χ0v) is 21.7. The molecule has 0 aliphatic heterocycles. The van der Waals surface area contributed by atoms with Crippen LogP contribution in [0.2, 0.25) is 10.0 Å². The number of esters is 1. The lowest BCUT2D eigenvalue weighted by molar-refractivity contribution is -0.149. The molecule has 11 heteroatoms. The quantitative estimate of drug-likeness (QED) is 0.331. The monoisotopic (exact) mass is 549 g/mol. The summed E-state index contributed by atoms with van der Waals surface area (Å²) in [6.07, 6.45) is 1.94. The average Bonchev–Trinajstić information content (AvgIpc) is 3.34. The standard InChI is InChI=1S/C26H29Cl2N3O6/c1-37-26(36)18(13-29)16-4-2-5-17(16)23(32)31-21(25(34)35)12-14-8-10-15(11-9-14)30-24(33)22-19(27)6-3-7-20(22)28/h3,6-11,16-18,21H,2,4-5,12-13,29H2,1H3,(H,30,33)(H,31,32)(H,34,35)/t16?,17?,18?,21-/m0/s1. The van der Waals surface area contributed by atoms with Crippen molar-refractivity contribution in [1.29, 1.82) is 0 Å². The van der Waals surface area contributed by atoms with E-state index in [0.717, 1.165) is 6.42 Å². The van der Waals surface area contributed by atoms with Crippen molar-refractivity contribution in [3.8, 4) is 0 Å². The van der Waals surface area contributed by atoms with Gasteiger partial charge in [0.05, 0.1) is 28.6 Å². The molecular formula is C26H29Cl2N3O6. The van der Waals surface area contributed by atoms with Crippen molar-refractivity contribution >= 4 is 52.6 Å². The van der Waals surface area contributed by atoms with Gasteiger partial charge in [0, 0.05) is 24.6 Å². The number of methoxy groups -OCH3 is 1. The van der Waals surface area contributed by atoms with Gasteiger partial charge in [0.1, 0.15) is 6.04 Å². The Kier molecular flexibility index (Phi) is 9.91. The summed E-state index contributed by atoms with van der Waals surface area (Å²) in [6.45, 7) is 0.0506. The molecule has 0 aromatic heterocycles. The number of carboxylic acids is 1. The second kappa shape index (κ2) is 12.9. The third-order valence-corrected chi connectivity index (χ3v) is 7.27. The van der Waals surface area contributed by atoms with E-state index < -0.39 is 41.6 Å². The summed E-state index contributed by atoms with van der Waals surface area (Å²) >= 11 is 12.2. The molecule has 3 rings (SSSR count). The van der Waals surface area contributed by atoms with Crippen molar-refractivity contribution in [2.75, 3.05) is 19.0 Å². The zero-order chi connectivity index (χ0) is 27.1. The van der Waals surface area contributed by atoms with Crippen LogP contribution in [0, 0.1) is 17.8 Å². The maximum Gasteiger partial charge on any atom is 0.326 e. The van der Waals surface area contributed by atoms with Crippen LogP contribution in [-0.4, -0.2) is 48.6 Å². The molecule has 0 heterocycles. The van der Waals surface area contributed by atoms with E-state index in [1.807, 2.05) is 0 Å². The number of benzene rings is 2. The second-order valence-corrected chi connectivity index (χ2v) is 9.73. The number of hydrogen-bond donors (Lipinski definition) is 4. The molecule has 0 saturated heterocycles. The van der Waals surface area contributed by atoms with Crippen molar-refractivity contribution in [1.82, 2.24) is 5.32 Å². The van der Waals surface area contributed by atoms with Crippen LogP contribution in [0.5, 0.6) is 0 Å². The number of ether oxygens (including phenoxy) is 1. The number of amides is 2. The van der Waals surface area contributed by atoms with Crippen molar-refractivity contribution < 1.29 is 29.0 Å². The van der Waals surface area contributed by atoms with Gasteiger partial charge in [-0.05, 0) is 48.6 Å². The van der Waals surface area contributed by atoms with Gasteiger partial charge in [0.25, 0.3) is 5.91 Å². The molecule has 5 N–H and O–H groups in total. The van der Waals surface area contributed by atoms with Gasteiger partial charge in [-0.1, -0.05) is 47.8 Å². The van der Waals surface area contributed by atoms with Crippen LogP contribution in [0.1, 0.15) is 35.2 Å². The molecule has 2 aromatic rings. The molecule has 2 amide bonds. The number of halogens is 2. The Morgan fingerprint density at radius 3 is 2.30 bits per heavy atom. The molecule has 3 unspecified atom stereocenters. The fraction of sp³-hybridized carbons (Fsp3) is 0.385. The largest absolute Gasteiger partial charge is 0.480 e. The molecule has 9 nitrogen and oxygen atoms in total. The molecule has 1 aliphatic carbocycles. The topological polar surface area (TPSA) is 148 Å². The Hall–Kier alpha value is -3.14. The number of hydrogen-bond acceptors (Lipinski definition) is 6. The van der Waals surface area contributed by atoms with Gasteiger partial charge >= 0.3 is 11.9 Å². The highest BCUT2D eigenvalue weighted by atomic mass is 35.5. The number of carboxylic acid groups (broad SMARTS) is 1. The minimum atomic E-state index is -1.18. The van der Waals surface area contributed by atoms with Crippen molar-refractivity contribution in [2.45, 2.75) is 31.7 Å². The molecule has 1 aliphatic rings. The van der Waals surface area contributed by atoms with Crippen LogP contribution in [0.3, 0.4) is 0 Å². The van der Waals surface area contributed by atoms with Gasteiger partial charge < -0.3 is 26.2 Å². The molecule has 37 heavy (non-hydrogen) atoms. The lowest BCUT2D eigenvalue weighted by Gasteiger charge is -2.26. The molecule has 4 atom stereocenters. The Labute approximate surface area is 224 Å². The summed E-state index contributed by atoms with van der Waals surface area (Å²) in [5, 5.41) is 15.5. The number of rotatable bonds is 10. The average molecular weight is 550 g/mol. The smallest absolute Gasteiger partial charge is 0.326 e. The number of nitrogens with one attached hydrogen (secondary N) is 2. The first-order valence-electron chi connectivity index (χ1n) is 11.8. The van der Waals surface area contributed by atoms with Crippen LogP contribution in [-0.2, 0) is 25.5 Å². The highest BCUT2D eigenvalue weighted by molar-refractivity contribution is 6.40. The van der Waals surface area contributed by atoms with E-state index in [-0.39, 0.29) is 34.5 Å². The minimum absolute atomic E-state index is 0.0281. The molecule has 1 fully saturated rings. The highest BCUT2D eigenvalue weighted by Crippen LogP contribution is 2.37. The first-order chi connectivity index (χ1) is 17.7. The number of carbonyl (C=O) groups is 4. The number of carbonyl (C=O) groups excluding carboxylic acids is 3. The lowest BCUT2D eigenvalue weighted by atomic mass is 9.83. The summed E-state index contributed by atoms with van der Waals surface area (Å²) in [5.74, 6) is -3.99. The van der Waals surface area contributed by atoms with E-state index in [1.54, 1.807) is 42.5 Å². The molecule has 0 radical (unpaired) electrons. The number of aliphatic carboxylic acids is 1. The minimum Gasteiger partial charge on any atom is -0.480 e. The Morgan fingerprint density at radius 1 is 1.08 bits per heavy atom. The maximum absolute atomic E-state index is 13.0. The molecule has 0 spiro atoms. The second-order valence-electron chi connectivity index (χ2n) is 8.92. The first-order valence-corrected chi connectivity index (χ1v) is 12.6. The van der Waals surface area contributed by atoms with E-state index in [9.17, 15) is 24.3 Å². The Morgan fingerprint density at radius 2 is 1.73 bits per heavy atom. The fourth-order valence-electron chi connectivity index (χ4n) is 4.74. The Balaban J connectivity index is 1.65. The van der Waals surface area contributed by atoms with Crippen LogP contribution in [0.25, 0.3) is 0 Å². The summed E-state index contributed by atoms with van der Waals surface area (Å²) in [4.78, 5) is 49.6. The van der Waals surface area contributed by atoms with E-state index in [4.69, 9.17) is 33.7 Å². The summed E-state index contributed by atoms with van der Waals surface area (Å²) in [6, 6.07) is 10.1. The van der Waals surface area contributed by atoms with E-state index in [1.165, 1.54) is 7.11 Å². The summed E-state index contributed by atoms with van der Waals surface area (Å²) in [7, 11) is 1.28. The van der Waals surface area contributed by atoms with Gasteiger partial charge in [-0.15, -0.1) is 0 Å². The first kappa shape index (κ1) is 28.4. The predicted molar refractivity (Wildman–Crippen MR) is 140 cm³/mol. The van der Waals surface area contributed by atoms with Crippen LogP contribution < -0.4 is 16.4 Å². The maximum atomic E-state index is 13.0. The van der Waals surface area contributed by atoms with Gasteiger partial charge in [0.2, 0.25) is 5.91 Å². The van der Waals surface area contributed by atoms with E-state index in [2.05, 4.69) is 10.6 Å². The highest BCUT2D eigenvalue weighted by Gasteiger charge is 2.41. The number of anilines is 1. The van der Waals surface area contributed by atoms with Crippen LogP contribution >= 0.6 is 23.2 Å². The summed E-state index contributed by atoms with van der Waals surface area (Å²) < 4.78 is 4.83. The summed E-state index contributed by atoms with van der Waals surface area (Å²) in [5.41, 5.74) is 7.02. The van der Waals surface area contributed by atoms with Crippen molar-refractivity contribution in [3.05, 3.63) is 63.6 Å².